The van der Waals surface area contributed by atoms with Crippen LogP contribution < -0.4 is 0 Å². The van der Waals surface area contributed by atoms with Crippen molar-refractivity contribution in [2.24, 2.45) is 0 Å². The number of hydrogen-bond donors (Lipinski definition) is 2. The summed E-state index contributed by atoms with van der Waals surface area (Å²) >= 11 is 0. The third-order valence-corrected chi connectivity index (χ3v) is 12.2. The second-order valence-corrected chi connectivity index (χ2v) is 19.8. The van der Waals surface area contributed by atoms with Gasteiger partial charge in [-0.2, -0.15) is 0 Å². The Bertz CT molecular complexity index is 1830. The van der Waals surface area contributed by atoms with Crippen molar-refractivity contribution in [1.82, 2.24) is 0 Å². The molecule has 0 fully saturated rings. The van der Waals surface area contributed by atoms with Gasteiger partial charge in [-0.05, 0) is 109 Å². The molecule has 0 aliphatic rings. The first-order chi connectivity index (χ1) is 37.2. The van der Waals surface area contributed by atoms with Gasteiger partial charge in [0.25, 0.3) is 0 Å². The van der Waals surface area contributed by atoms with E-state index in [1.54, 1.807) is 6.08 Å². The Kier molecular flexibility index (Phi) is 53.1. The van der Waals surface area contributed by atoms with E-state index in [1.807, 2.05) is 30.4 Å². The molecule has 12 heteroatoms. The van der Waals surface area contributed by atoms with Crippen LogP contribution in [-0.2, 0) is 42.2 Å². The van der Waals surface area contributed by atoms with Crippen molar-refractivity contribution in [3.05, 3.63) is 146 Å². The number of hydrogen-bond acceptors (Lipinski definition) is 10. The lowest BCUT2D eigenvalue weighted by Gasteiger charge is -2.21. The standard InChI is InChI=1S/C64H101O11P/c1-4-7-10-13-16-19-22-25-28-29-30-31-34-35-38-41-44-47-50-53-62(66)71-57-61(75-64(68)55-52-49-46-43-40-37-33-27-24-21-18-15-12-9-6-3)59-73-76(69,70)72-58-60(56-65)74-63(67)54-51-48-45-42-39-36-32-26-23-20-17-14-11-8-5-2/h7,9-10,12,16,18-19,21,25-28,30-33,35,38,40,43-44,47,49,52,60-61,65H,4-6,8,11,13-15,17,20,22-24,29,34,36-37,39,41-42,45-46,48,50-51,53-59H2,1-3H3,(H,69,70)/b10-7-,12-9-,19-16-,21-18-,28-25-,31-30-,32-26-,33-27-,38-35-,43-40-,47-44-,52-49-. The second-order valence-electron chi connectivity index (χ2n) is 18.3. The quantitative estimate of drug-likeness (QED) is 0.0197. The average molecular weight is 1080 g/mol. The van der Waals surface area contributed by atoms with Crippen molar-refractivity contribution >= 4 is 25.7 Å². The summed E-state index contributed by atoms with van der Waals surface area (Å²) in [6.07, 6.45) is 72.8. The minimum atomic E-state index is -4.80. The van der Waals surface area contributed by atoms with Crippen molar-refractivity contribution in [3.63, 3.8) is 0 Å². The molecule has 0 aromatic heterocycles. The molecule has 0 saturated heterocycles. The largest absolute Gasteiger partial charge is 0.472 e. The lowest BCUT2D eigenvalue weighted by Crippen LogP contribution is -2.30. The summed E-state index contributed by atoms with van der Waals surface area (Å²) in [4.78, 5) is 48.4. The number of allylic oxidation sites excluding steroid dienone is 23. The molecule has 0 aromatic rings. The summed E-state index contributed by atoms with van der Waals surface area (Å²) in [5.41, 5.74) is 0. The number of phosphoric acid groups is 1. The van der Waals surface area contributed by atoms with Crippen LogP contribution in [0.25, 0.3) is 0 Å². The first kappa shape index (κ1) is 71.4. The number of unbranched alkanes of at least 4 members (excludes halogenated alkanes) is 11. The highest BCUT2D eigenvalue weighted by atomic mass is 31.2. The zero-order valence-corrected chi connectivity index (χ0v) is 48.0. The molecule has 76 heavy (non-hydrogen) atoms. The maximum atomic E-state index is 12.9. The first-order valence-electron chi connectivity index (χ1n) is 28.7. The zero-order valence-electron chi connectivity index (χ0n) is 47.2. The van der Waals surface area contributed by atoms with Gasteiger partial charge in [-0.1, -0.05) is 218 Å². The molecule has 0 heterocycles. The molecule has 3 unspecified atom stereocenters. The Balaban J connectivity index is 4.95. The minimum absolute atomic E-state index is 0.0733. The molecule has 428 valence electrons. The molecule has 0 radical (unpaired) electrons. The number of carbonyl (C=O) groups is 3. The van der Waals surface area contributed by atoms with E-state index in [2.05, 4.69) is 130 Å². The highest BCUT2D eigenvalue weighted by Crippen LogP contribution is 2.43. The molecule has 0 spiro atoms. The SMILES string of the molecule is CC/C=C\C/C=C\C/C=C\C/C=C\C/C=C\C/C=C\CCC(=O)OCC(COP(=O)(O)OCC(CO)OC(=O)CCCCCCC/C=C\CCCCCCCC)OC(=O)C/C=C\C/C=C\C/C=C\C/C=C\C/C=C\CC. The van der Waals surface area contributed by atoms with E-state index in [1.165, 1.54) is 38.5 Å². The fraction of sp³-hybridized carbons (Fsp3) is 0.578. The Hall–Kier alpha value is -4.64. The van der Waals surface area contributed by atoms with Crippen LogP contribution in [0.1, 0.15) is 201 Å². The van der Waals surface area contributed by atoms with Gasteiger partial charge in [0.05, 0.1) is 26.2 Å². The van der Waals surface area contributed by atoms with Crippen LogP contribution in [0.5, 0.6) is 0 Å². The van der Waals surface area contributed by atoms with Crippen molar-refractivity contribution in [2.75, 3.05) is 26.4 Å². The summed E-state index contributed by atoms with van der Waals surface area (Å²) < 4.78 is 39.3. The smallest absolute Gasteiger partial charge is 0.462 e. The normalized spacial score (nSPS) is 14.4. The number of rotatable bonds is 51. The Labute approximate surface area is 461 Å². The molecule has 2 N–H and O–H groups in total. The molecular formula is C64H101O11P. The number of phosphoric ester groups is 1. The predicted octanol–water partition coefficient (Wildman–Crippen LogP) is 17.1. The third-order valence-electron chi connectivity index (χ3n) is 11.3. The molecule has 0 rings (SSSR count). The van der Waals surface area contributed by atoms with Gasteiger partial charge >= 0.3 is 25.7 Å². The van der Waals surface area contributed by atoms with Crippen LogP contribution in [0.4, 0.5) is 0 Å². The summed E-state index contributed by atoms with van der Waals surface area (Å²) in [5, 5.41) is 9.81. The second kappa shape index (κ2) is 56.6. The number of aliphatic hydroxyl groups is 1. The van der Waals surface area contributed by atoms with E-state index >= 15 is 0 Å². The summed E-state index contributed by atoms with van der Waals surface area (Å²) in [5.74, 6) is -1.75. The van der Waals surface area contributed by atoms with Gasteiger partial charge in [0.1, 0.15) is 12.7 Å². The molecule has 11 nitrogen and oxygen atoms in total. The van der Waals surface area contributed by atoms with Crippen LogP contribution in [0.3, 0.4) is 0 Å². The summed E-state index contributed by atoms with van der Waals surface area (Å²) in [6, 6.07) is 0. The maximum Gasteiger partial charge on any atom is 0.472 e. The van der Waals surface area contributed by atoms with Gasteiger partial charge in [-0.25, -0.2) is 4.57 Å². The summed E-state index contributed by atoms with van der Waals surface area (Å²) in [6.45, 7) is 4.18. The minimum Gasteiger partial charge on any atom is -0.462 e. The lowest BCUT2D eigenvalue weighted by molar-refractivity contribution is -0.160. The summed E-state index contributed by atoms with van der Waals surface area (Å²) in [7, 11) is -4.80. The molecule has 0 aromatic carbocycles. The Morgan fingerprint density at radius 2 is 0.763 bits per heavy atom. The molecule has 0 aliphatic carbocycles. The van der Waals surface area contributed by atoms with Crippen LogP contribution in [0, 0.1) is 0 Å². The van der Waals surface area contributed by atoms with Gasteiger partial charge in [0.2, 0.25) is 0 Å². The molecule has 3 atom stereocenters. The van der Waals surface area contributed by atoms with Crippen molar-refractivity contribution in [2.45, 2.75) is 213 Å². The molecule has 0 amide bonds. The fourth-order valence-corrected chi connectivity index (χ4v) is 7.76. The predicted molar refractivity (Wildman–Crippen MR) is 316 cm³/mol. The van der Waals surface area contributed by atoms with Crippen LogP contribution in [0.15, 0.2) is 146 Å². The molecule has 0 saturated carbocycles. The van der Waals surface area contributed by atoms with E-state index in [-0.39, 0.29) is 19.3 Å². The van der Waals surface area contributed by atoms with Crippen LogP contribution in [-0.4, -0.2) is 66.5 Å². The van der Waals surface area contributed by atoms with E-state index in [4.69, 9.17) is 23.3 Å². The van der Waals surface area contributed by atoms with E-state index < -0.39 is 64.4 Å². The monoisotopic (exact) mass is 1080 g/mol. The van der Waals surface area contributed by atoms with Gasteiger partial charge in [-0.3, -0.25) is 23.4 Å². The van der Waals surface area contributed by atoms with Gasteiger partial charge in [0.15, 0.2) is 6.10 Å². The van der Waals surface area contributed by atoms with Crippen LogP contribution >= 0.6 is 7.82 Å². The average Bonchev–Trinajstić information content (AvgIpc) is 3.41. The van der Waals surface area contributed by atoms with E-state index in [0.717, 1.165) is 103 Å². The highest BCUT2D eigenvalue weighted by molar-refractivity contribution is 7.47. The maximum absolute atomic E-state index is 12.9. The molecule has 0 aliphatic heterocycles. The van der Waals surface area contributed by atoms with Crippen molar-refractivity contribution < 1.29 is 52.2 Å². The number of aliphatic hydroxyl groups excluding tert-OH is 1. The lowest BCUT2D eigenvalue weighted by atomic mass is 10.1. The number of ether oxygens (including phenoxy) is 3. The van der Waals surface area contributed by atoms with Gasteiger partial charge in [-0.15, -0.1) is 0 Å². The Morgan fingerprint density at radius 3 is 1.21 bits per heavy atom. The zero-order chi connectivity index (χ0) is 55.5. The number of esters is 3. The highest BCUT2D eigenvalue weighted by Gasteiger charge is 2.28. The van der Waals surface area contributed by atoms with Gasteiger partial charge < -0.3 is 24.2 Å². The van der Waals surface area contributed by atoms with Crippen LogP contribution in [0.2, 0.25) is 0 Å². The van der Waals surface area contributed by atoms with E-state index in [0.29, 0.717) is 19.3 Å². The first-order valence-corrected chi connectivity index (χ1v) is 30.2. The van der Waals surface area contributed by atoms with Crippen molar-refractivity contribution in [1.29, 1.82) is 0 Å². The van der Waals surface area contributed by atoms with Gasteiger partial charge in [0, 0.05) is 12.8 Å². The third kappa shape index (κ3) is 54.2. The molecule has 0 bridgehead atoms. The molecular weight excluding hydrogens is 976 g/mol. The Morgan fingerprint density at radius 1 is 0.395 bits per heavy atom. The topological polar surface area (TPSA) is 155 Å². The van der Waals surface area contributed by atoms with Crippen molar-refractivity contribution in [3.8, 4) is 0 Å². The number of carbonyl (C=O) groups excluding carboxylic acids is 3. The fourth-order valence-electron chi connectivity index (χ4n) is 6.98. The van der Waals surface area contributed by atoms with E-state index in [9.17, 15) is 28.9 Å².